The molecule has 0 radical (unpaired) electrons. The third-order valence-electron chi connectivity index (χ3n) is 2.77. The standard InChI is InChI=1S/C13H15F3O/c1-2-11(13(14,15)16)8-9-12(17)10-6-4-3-5-7-10/h3-7,11H,2,8-9H2,1H3. The lowest BCUT2D eigenvalue weighted by Gasteiger charge is -2.17. The summed E-state index contributed by atoms with van der Waals surface area (Å²) in [5, 5.41) is 0. The van der Waals surface area contributed by atoms with Gasteiger partial charge >= 0.3 is 6.18 Å². The van der Waals surface area contributed by atoms with E-state index in [1.54, 1.807) is 30.3 Å². The van der Waals surface area contributed by atoms with E-state index in [4.69, 9.17) is 0 Å². The van der Waals surface area contributed by atoms with Gasteiger partial charge in [0.25, 0.3) is 0 Å². The maximum absolute atomic E-state index is 12.5. The maximum atomic E-state index is 12.5. The van der Waals surface area contributed by atoms with Crippen LogP contribution >= 0.6 is 0 Å². The van der Waals surface area contributed by atoms with Gasteiger partial charge in [-0.2, -0.15) is 13.2 Å². The van der Waals surface area contributed by atoms with Gasteiger partial charge in [0.1, 0.15) is 0 Å². The van der Waals surface area contributed by atoms with Crippen LogP contribution in [0.3, 0.4) is 0 Å². The summed E-state index contributed by atoms with van der Waals surface area (Å²) < 4.78 is 37.4. The van der Waals surface area contributed by atoms with Crippen molar-refractivity contribution < 1.29 is 18.0 Å². The highest BCUT2D eigenvalue weighted by Gasteiger charge is 2.37. The minimum absolute atomic E-state index is 0.0194. The molecule has 4 heteroatoms. The van der Waals surface area contributed by atoms with E-state index in [0.29, 0.717) is 5.56 Å². The van der Waals surface area contributed by atoms with Gasteiger partial charge in [-0.15, -0.1) is 0 Å². The number of ketones is 1. The van der Waals surface area contributed by atoms with Gasteiger partial charge in [-0.3, -0.25) is 4.79 Å². The summed E-state index contributed by atoms with van der Waals surface area (Å²) in [7, 11) is 0. The number of halogens is 3. The number of rotatable bonds is 5. The predicted molar refractivity (Wildman–Crippen MR) is 59.8 cm³/mol. The summed E-state index contributed by atoms with van der Waals surface area (Å²) in [6.07, 6.45) is -4.37. The molecule has 0 aliphatic rings. The zero-order chi connectivity index (χ0) is 12.9. The number of hydrogen-bond acceptors (Lipinski definition) is 1. The van der Waals surface area contributed by atoms with Crippen molar-refractivity contribution in [3.63, 3.8) is 0 Å². The van der Waals surface area contributed by atoms with Crippen LogP contribution in [0.2, 0.25) is 0 Å². The lowest BCUT2D eigenvalue weighted by Crippen LogP contribution is -2.23. The topological polar surface area (TPSA) is 17.1 Å². The Balaban J connectivity index is 2.54. The van der Waals surface area contributed by atoms with Crippen LogP contribution in [0, 0.1) is 5.92 Å². The lowest BCUT2D eigenvalue weighted by molar-refractivity contribution is -0.176. The van der Waals surface area contributed by atoms with Crippen LogP contribution in [0.25, 0.3) is 0 Å². The second-order valence-electron chi connectivity index (χ2n) is 3.97. The first-order chi connectivity index (χ1) is 7.95. The number of carbonyl (C=O) groups excluding carboxylic acids is 1. The highest BCUT2D eigenvalue weighted by atomic mass is 19.4. The normalized spacial score (nSPS) is 13.4. The number of alkyl halides is 3. The molecule has 0 saturated carbocycles. The van der Waals surface area contributed by atoms with Crippen molar-refractivity contribution in [2.75, 3.05) is 0 Å². The highest BCUT2D eigenvalue weighted by molar-refractivity contribution is 5.95. The maximum Gasteiger partial charge on any atom is 0.391 e. The van der Waals surface area contributed by atoms with Gasteiger partial charge in [0.15, 0.2) is 5.78 Å². The van der Waals surface area contributed by atoms with Crippen LogP contribution in [-0.4, -0.2) is 12.0 Å². The Morgan fingerprint density at radius 3 is 2.29 bits per heavy atom. The summed E-state index contributed by atoms with van der Waals surface area (Å²) in [5.41, 5.74) is 0.476. The second kappa shape index (κ2) is 5.84. The SMILES string of the molecule is CCC(CCC(=O)c1ccccc1)C(F)(F)F. The predicted octanol–water partition coefficient (Wildman–Crippen LogP) is 4.24. The molecular weight excluding hydrogens is 229 g/mol. The van der Waals surface area contributed by atoms with Crippen LogP contribution in [0.5, 0.6) is 0 Å². The fourth-order valence-corrected chi connectivity index (χ4v) is 1.67. The van der Waals surface area contributed by atoms with Crippen molar-refractivity contribution in [3.05, 3.63) is 35.9 Å². The second-order valence-corrected chi connectivity index (χ2v) is 3.97. The van der Waals surface area contributed by atoms with E-state index in [1.165, 1.54) is 6.92 Å². The van der Waals surface area contributed by atoms with Crippen molar-refractivity contribution >= 4 is 5.78 Å². The Kier molecular flexibility index (Phi) is 4.73. The van der Waals surface area contributed by atoms with Gasteiger partial charge < -0.3 is 0 Å². The van der Waals surface area contributed by atoms with Crippen LogP contribution in [-0.2, 0) is 0 Å². The minimum Gasteiger partial charge on any atom is -0.294 e. The third-order valence-corrected chi connectivity index (χ3v) is 2.77. The molecule has 1 nitrogen and oxygen atoms in total. The van der Waals surface area contributed by atoms with E-state index in [-0.39, 0.29) is 25.0 Å². The Bertz CT molecular complexity index is 357. The van der Waals surface area contributed by atoms with Crippen LogP contribution in [0.15, 0.2) is 30.3 Å². The fraction of sp³-hybridized carbons (Fsp3) is 0.462. The molecule has 0 fully saturated rings. The quantitative estimate of drug-likeness (QED) is 0.708. The number of hydrogen-bond donors (Lipinski definition) is 0. The molecule has 0 aliphatic carbocycles. The molecule has 0 bridgehead atoms. The van der Waals surface area contributed by atoms with E-state index >= 15 is 0 Å². The van der Waals surface area contributed by atoms with Gasteiger partial charge in [0, 0.05) is 12.0 Å². The first-order valence-corrected chi connectivity index (χ1v) is 5.60. The molecule has 1 atom stereocenters. The largest absolute Gasteiger partial charge is 0.391 e. The van der Waals surface area contributed by atoms with E-state index in [2.05, 4.69) is 0 Å². The Morgan fingerprint density at radius 1 is 1.24 bits per heavy atom. The van der Waals surface area contributed by atoms with Crippen molar-refractivity contribution in [2.24, 2.45) is 5.92 Å². The van der Waals surface area contributed by atoms with E-state index in [0.717, 1.165) is 0 Å². The molecule has 0 heterocycles. The van der Waals surface area contributed by atoms with Crippen molar-refractivity contribution in [2.45, 2.75) is 32.4 Å². The molecule has 1 aromatic carbocycles. The first kappa shape index (κ1) is 13.7. The van der Waals surface area contributed by atoms with Crippen molar-refractivity contribution in [3.8, 4) is 0 Å². The Labute approximate surface area is 98.6 Å². The molecule has 0 aliphatic heterocycles. The molecule has 0 saturated heterocycles. The van der Waals surface area contributed by atoms with Crippen molar-refractivity contribution in [1.82, 2.24) is 0 Å². The van der Waals surface area contributed by atoms with E-state index in [9.17, 15) is 18.0 Å². The number of benzene rings is 1. The molecule has 0 aromatic heterocycles. The van der Waals surface area contributed by atoms with Gasteiger partial charge in [0.05, 0.1) is 5.92 Å². The molecule has 1 unspecified atom stereocenters. The Hall–Kier alpha value is -1.32. The molecule has 17 heavy (non-hydrogen) atoms. The van der Waals surface area contributed by atoms with Gasteiger partial charge in [-0.1, -0.05) is 37.3 Å². The lowest BCUT2D eigenvalue weighted by atomic mass is 9.96. The average molecular weight is 244 g/mol. The summed E-state index contributed by atoms with van der Waals surface area (Å²) in [6.45, 7) is 1.49. The molecule has 94 valence electrons. The zero-order valence-electron chi connectivity index (χ0n) is 9.63. The molecule has 0 N–H and O–H groups in total. The van der Waals surface area contributed by atoms with Gasteiger partial charge in [0.2, 0.25) is 0 Å². The molecular formula is C13H15F3O. The summed E-state index contributed by atoms with van der Waals surface area (Å²) >= 11 is 0. The Morgan fingerprint density at radius 2 is 1.82 bits per heavy atom. The van der Waals surface area contributed by atoms with Gasteiger partial charge in [-0.25, -0.2) is 0 Å². The fourth-order valence-electron chi connectivity index (χ4n) is 1.67. The van der Waals surface area contributed by atoms with E-state index in [1.807, 2.05) is 0 Å². The zero-order valence-corrected chi connectivity index (χ0v) is 9.63. The minimum atomic E-state index is -4.20. The number of Topliss-reactive ketones (excluding diaryl/α,β-unsaturated/α-hetero) is 1. The van der Waals surface area contributed by atoms with Gasteiger partial charge in [-0.05, 0) is 12.8 Å². The molecule has 1 rings (SSSR count). The molecule has 1 aromatic rings. The monoisotopic (exact) mass is 244 g/mol. The molecule has 0 spiro atoms. The first-order valence-electron chi connectivity index (χ1n) is 5.60. The summed E-state index contributed by atoms with van der Waals surface area (Å²) in [5.74, 6) is -1.61. The van der Waals surface area contributed by atoms with E-state index < -0.39 is 12.1 Å². The van der Waals surface area contributed by atoms with Crippen molar-refractivity contribution in [1.29, 1.82) is 0 Å². The van der Waals surface area contributed by atoms with Crippen LogP contribution < -0.4 is 0 Å². The van der Waals surface area contributed by atoms with Crippen LogP contribution in [0.1, 0.15) is 36.5 Å². The third kappa shape index (κ3) is 4.21. The smallest absolute Gasteiger partial charge is 0.294 e. The number of carbonyl (C=O) groups is 1. The summed E-state index contributed by atoms with van der Waals surface area (Å²) in [6, 6.07) is 8.41. The van der Waals surface area contributed by atoms with Crippen LogP contribution in [0.4, 0.5) is 13.2 Å². The highest BCUT2D eigenvalue weighted by Crippen LogP contribution is 2.32. The summed E-state index contributed by atoms with van der Waals surface area (Å²) in [4.78, 5) is 11.6. The molecule has 0 amide bonds. The average Bonchev–Trinajstić information content (AvgIpc) is 2.29.